The fourth-order valence-electron chi connectivity index (χ4n) is 3.48. The average molecular weight is 412 g/mol. The number of rotatable bonds is 9. The first kappa shape index (κ1) is 22.1. The molecule has 0 unspecified atom stereocenters. The highest BCUT2D eigenvalue weighted by Gasteiger charge is 2.14. The second-order valence-corrected chi connectivity index (χ2v) is 7.91. The van der Waals surface area contributed by atoms with Crippen molar-refractivity contribution in [2.45, 2.75) is 19.4 Å². The number of benzene rings is 2. The van der Waals surface area contributed by atoms with Crippen LogP contribution < -0.4 is 10.1 Å². The Bertz CT molecular complexity index is 821. The lowest BCUT2D eigenvalue weighted by atomic mass is 9.98. The van der Waals surface area contributed by atoms with Crippen LogP contribution in [-0.2, 0) is 17.7 Å². The maximum absolute atomic E-state index is 12.6. The molecule has 0 saturated carbocycles. The molecule has 2 amide bonds. The fourth-order valence-corrected chi connectivity index (χ4v) is 3.48. The van der Waals surface area contributed by atoms with E-state index in [9.17, 15) is 4.79 Å². The molecule has 0 fully saturated rings. The van der Waals surface area contributed by atoms with Gasteiger partial charge in [0.2, 0.25) is 0 Å². The molecule has 2 aromatic carbocycles. The number of hydrogen-bond acceptors (Lipinski definition) is 4. The van der Waals surface area contributed by atoms with E-state index in [4.69, 9.17) is 9.47 Å². The standard InChI is InChI=1S/C24H33N3O3/c1-26(2)12-13-27(14-16-29-3)24(28)25-18-19-6-8-20(9-7-19)21-10-11-23-22(17-21)5-4-15-30-23/h6-11,17H,4-5,12-16,18H2,1-3H3,(H,25,28). The Balaban J connectivity index is 1.57. The Morgan fingerprint density at radius 1 is 1.07 bits per heavy atom. The van der Waals surface area contributed by atoms with Gasteiger partial charge in [-0.3, -0.25) is 0 Å². The van der Waals surface area contributed by atoms with Crippen molar-refractivity contribution in [2.75, 3.05) is 54.1 Å². The number of hydrogen-bond donors (Lipinski definition) is 1. The lowest BCUT2D eigenvalue weighted by Gasteiger charge is -2.24. The molecule has 162 valence electrons. The number of nitrogens with zero attached hydrogens (tertiary/aromatic N) is 2. The lowest BCUT2D eigenvalue weighted by Crippen LogP contribution is -2.44. The number of likely N-dealkylation sites (N-methyl/N-ethyl adjacent to an activating group) is 1. The normalized spacial score (nSPS) is 12.9. The van der Waals surface area contributed by atoms with Crippen LogP contribution in [0.5, 0.6) is 5.75 Å². The van der Waals surface area contributed by atoms with Gasteiger partial charge in [-0.2, -0.15) is 0 Å². The molecular formula is C24H33N3O3. The summed E-state index contributed by atoms with van der Waals surface area (Å²) in [5.74, 6) is 1.01. The minimum absolute atomic E-state index is 0.0623. The van der Waals surface area contributed by atoms with Gasteiger partial charge >= 0.3 is 6.03 Å². The SMILES string of the molecule is COCCN(CCN(C)C)C(=O)NCc1ccc(-c2ccc3c(c2)CCCO3)cc1. The molecule has 0 atom stereocenters. The zero-order valence-corrected chi connectivity index (χ0v) is 18.3. The molecule has 0 aromatic heterocycles. The smallest absolute Gasteiger partial charge is 0.317 e. The van der Waals surface area contributed by atoms with Gasteiger partial charge in [-0.05, 0) is 61.3 Å². The van der Waals surface area contributed by atoms with Crippen LogP contribution in [0, 0.1) is 0 Å². The first-order valence-corrected chi connectivity index (χ1v) is 10.6. The van der Waals surface area contributed by atoms with E-state index in [1.165, 1.54) is 16.7 Å². The number of amides is 2. The Morgan fingerprint density at radius 2 is 1.83 bits per heavy atom. The van der Waals surface area contributed by atoms with Crippen molar-refractivity contribution < 1.29 is 14.3 Å². The summed E-state index contributed by atoms with van der Waals surface area (Å²) in [6.07, 6.45) is 2.14. The minimum Gasteiger partial charge on any atom is -0.493 e. The predicted octanol–water partition coefficient (Wildman–Crippen LogP) is 3.40. The molecular weight excluding hydrogens is 378 g/mol. The van der Waals surface area contributed by atoms with Gasteiger partial charge in [0.05, 0.1) is 13.2 Å². The van der Waals surface area contributed by atoms with E-state index in [2.05, 4.69) is 52.7 Å². The van der Waals surface area contributed by atoms with Gasteiger partial charge in [-0.25, -0.2) is 4.79 Å². The van der Waals surface area contributed by atoms with Gasteiger partial charge in [0.15, 0.2) is 0 Å². The number of methoxy groups -OCH3 is 1. The number of carbonyl (C=O) groups excluding carboxylic acids is 1. The zero-order chi connectivity index (χ0) is 21.3. The summed E-state index contributed by atoms with van der Waals surface area (Å²) >= 11 is 0. The summed E-state index contributed by atoms with van der Waals surface area (Å²) in [7, 11) is 5.66. The van der Waals surface area contributed by atoms with E-state index < -0.39 is 0 Å². The van der Waals surface area contributed by atoms with Crippen molar-refractivity contribution in [3.8, 4) is 16.9 Å². The van der Waals surface area contributed by atoms with E-state index in [0.29, 0.717) is 26.2 Å². The number of carbonyl (C=O) groups is 1. The van der Waals surface area contributed by atoms with Crippen LogP contribution in [0.2, 0.25) is 0 Å². The van der Waals surface area contributed by atoms with Gasteiger partial charge in [-0.1, -0.05) is 30.3 Å². The van der Waals surface area contributed by atoms with Crippen molar-refractivity contribution in [3.05, 3.63) is 53.6 Å². The molecule has 0 radical (unpaired) electrons. The highest BCUT2D eigenvalue weighted by atomic mass is 16.5. The average Bonchev–Trinajstić information content (AvgIpc) is 2.77. The van der Waals surface area contributed by atoms with Crippen molar-refractivity contribution in [1.29, 1.82) is 0 Å². The van der Waals surface area contributed by atoms with Gasteiger partial charge in [0.25, 0.3) is 0 Å². The van der Waals surface area contributed by atoms with E-state index in [-0.39, 0.29) is 6.03 Å². The molecule has 1 aliphatic rings. The number of fused-ring (bicyclic) bond motifs is 1. The van der Waals surface area contributed by atoms with Crippen LogP contribution in [0.15, 0.2) is 42.5 Å². The van der Waals surface area contributed by atoms with Crippen LogP contribution in [-0.4, -0.2) is 69.9 Å². The van der Waals surface area contributed by atoms with Crippen LogP contribution in [0.4, 0.5) is 4.79 Å². The van der Waals surface area contributed by atoms with Gasteiger partial charge in [-0.15, -0.1) is 0 Å². The van der Waals surface area contributed by atoms with E-state index in [1.807, 2.05) is 14.1 Å². The third kappa shape index (κ3) is 6.21. The number of urea groups is 1. The Labute approximate surface area is 179 Å². The quantitative estimate of drug-likeness (QED) is 0.687. The number of aryl methyl sites for hydroxylation is 1. The molecule has 6 heteroatoms. The van der Waals surface area contributed by atoms with Gasteiger partial charge in [0, 0.05) is 33.3 Å². The lowest BCUT2D eigenvalue weighted by molar-refractivity contribution is 0.145. The van der Waals surface area contributed by atoms with Crippen LogP contribution >= 0.6 is 0 Å². The highest BCUT2D eigenvalue weighted by molar-refractivity contribution is 5.74. The molecule has 0 aliphatic carbocycles. The van der Waals surface area contributed by atoms with Crippen LogP contribution in [0.3, 0.4) is 0 Å². The molecule has 3 rings (SSSR count). The molecule has 1 aliphatic heterocycles. The molecule has 30 heavy (non-hydrogen) atoms. The summed E-state index contributed by atoms with van der Waals surface area (Å²) in [6, 6.07) is 14.7. The molecule has 0 bridgehead atoms. The van der Waals surface area contributed by atoms with Crippen molar-refractivity contribution in [2.24, 2.45) is 0 Å². The Hall–Kier alpha value is -2.57. The topological polar surface area (TPSA) is 54.0 Å². The highest BCUT2D eigenvalue weighted by Crippen LogP contribution is 2.30. The zero-order valence-electron chi connectivity index (χ0n) is 18.3. The summed E-state index contributed by atoms with van der Waals surface area (Å²) in [6.45, 7) is 3.91. The van der Waals surface area contributed by atoms with E-state index in [0.717, 1.165) is 37.3 Å². The summed E-state index contributed by atoms with van der Waals surface area (Å²) in [5, 5.41) is 3.03. The molecule has 2 aromatic rings. The first-order chi connectivity index (χ1) is 14.6. The summed E-state index contributed by atoms with van der Waals surface area (Å²) in [4.78, 5) is 16.5. The molecule has 1 N–H and O–H groups in total. The summed E-state index contributed by atoms with van der Waals surface area (Å²) in [5.41, 5.74) is 4.73. The maximum atomic E-state index is 12.6. The third-order valence-corrected chi connectivity index (χ3v) is 5.31. The first-order valence-electron chi connectivity index (χ1n) is 10.6. The monoisotopic (exact) mass is 411 g/mol. The third-order valence-electron chi connectivity index (χ3n) is 5.31. The fraction of sp³-hybridized carbons (Fsp3) is 0.458. The molecule has 0 saturated heterocycles. The molecule has 1 heterocycles. The minimum atomic E-state index is -0.0623. The van der Waals surface area contributed by atoms with E-state index >= 15 is 0 Å². The van der Waals surface area contributed by atoms with Crippen molar-refractivity contribution in [3.63, 3.8) is 0 Å². The molecule has 0 spiro atoms. The van der Waals surface area contributed by atoms with Crippen molar-refractivity contribution >= 4 is 6.03 Å². The number of nitrogens with one attached hydrogen (secondary N) is 1. The van der Waals surface area contributed by atoms with Crippen molar-refractivity contribution in [1.82, 2.24) is 15.1 Å². The van der Waals surface area contributed by atoms with Gasteiger partial charge in [0.1, 0.15) is 5.75 Å². The second-order valence-electron chi connectivity index (χ2n) is 7.91. The summed E-state index contributed by atoms with van der Waals surface area (Å²) < 4.78 is 10.8. The Kier molecular flexibility index (Phi) is 8.11. The largest absolute Gasteiger partial charge is 0.493 e. The van der Waals surface area contributed by atoms with Crippen LogP contribution in [0.1, 0.15) is 17.5 Å². The van der Waals surface area contributed by atoms with Gasteiger partial charge < -0.3 is 24.6 Å². The second kappa shape index (κ2) is 11.0. The van der Waals surface area contributed by atoms with Crippen LogP contribution in [0.25, 0.3) is 11.1 Å². The van der Waals surface area contributed by atoms with E-state index in [1.54, 1.807) is 12.0 Å². The maximum Gasteiger partial charge on any atom is 0.317 e. The predicted molar refractivity (Wildman–Crippen MR) is 120 cm³/mol. The Morgan fingerprint density at radius 3 is 2.57 bits per heavy atom. The molecule has 6 nitrogen and oxygen atoms in total. The number of ether oxygens (including phenoxy) is 2.